The monoisotopic (exact) mass is 410 g/mol. The molecule has 158 valence electrons. The first-order valence-electron chi connectivity index (χ1n) is 9.47. The van der Waals surface area contributed by atoms with Gasteiger partial charge in [-0.3, -0.25) is 9.36 Å². The van der Waals surface area contributed by atoms with Gasteiger partial charge in [-0.15, -0.1) is 0 Å². The molecule has 2 aromatic heterocycles. The second-order valence-electron chi connectivity index (χ2n) is 6.90. The molecule has 0 fully saturated rings. The molecule has 3 aromatic rings. The van der Waals surface area contributed by atoms with Gasteiger partial charge >= 0.3 is 0 Å². The van der Waals surface area contributed by atoms with Crippen LogP contribution in [0.2, 0.25) is 0 Å². The molecule has 9 heteroatoms. The zero-order valence-electron chi connectivity index (χ0n) is 17.8. The number of ether oxygens (including phenoxy) is 2. The molecule has 0 aliphatic heterocycles. The molecule has 0 saturated heterocycles. The predicted octanol–water partition coefficient (Wildman–Crippen LogP) is 2.30. The SMILES string of the molecule is COc1ccc(C(C)NC(=O)CN(C)c2cc(C)nc(-n3ccnc3)n2)cc1OC. The van der Waals surface area contributed by atoms with E-state index >= 15 is 0 Å². The normalized spacial score (nSPS) is 11.6. The van der Waals surface area contributed by atoms with Gasteiger partial charge in [0, 0.05) is 31.2 Å². The van der Waals surface area contributed by atoms with Crippen molar-refractivity contribution >= 4 is 11.7 Å². The summed E-state index contributed by atoms with van der Waals surface area (Å²) < 4.78 is 12.3. The van der Waals surface area contributed by atoms with E-state index in [2.05, 4.69) is 20.3 Å². The Morgan fingerprint density at radius 1 is 1.20 bits per heavy atom. The first-order valence-corrected chi connectivity index (χ1v) is 9.47. The van der Waals surface area contributed by atoms with Gasteiger partial charge in [-0.25, -0.2) is 9.97 Å². The van der Waals surface area contributed by atoms with Crippen LogP contribution in [0.25, 0.3) is 5.95 Å². The quantitative estimate of drug-likeness (QED) is 0.609. The summed E-state index contributed by atoms with van der Waals surface area (Å²) in [7, 11) is 4.99. The average molecular weight is 410 g/mol. The van der Waals surface area contributed by atoms with Gasteiger partial charge in [0.25, 0.3) is 0 Å². The molecule has 1 unspecified atom stereocenters. The summed E-state index contributed by atoms with van der Waals surface area (Å²) in [6, 6.07) is 7.23. The van der Waals surface area contributed by atoms with Gasteiger partial charge in [-0.1, -0.05) is 6.07 Å². The average Bonchev–Trinajstić information content (AvgIpc) is 3.27. The number of aromatic nitrogens is 4. The number of hydrogen-bond acceptors (Lipinski definition) is 7. The van der Waals surface area contributed by atoms with Crippen LogP contribution in [0, 0.1) is 6.92 Å². The van der Waals surface area contributed by atoms with Crippen molar-refractivity contribution in [3.63, 3.8) is 0 Å². The van der Waals surface area contributed by atoms with Crippen molar-refractivity contribution in [2.24, 2.45) is 0 Å². The van der Waals surface area contributed by atoms with Crippen molar-refractivity contribution in [3.05, 3.63) is 54.2 Å². The fourth-order valence-corrected chi connectivity index (χ4v) is 3.01. The first-order chi connectivity index (χ1) is 14.4. The van der Waals surface area contributed by atoms with Crippen LogP contribution in [0.3, 0.4) is 0 Å². The maximum Gasteiger partial charge on any atom is 0.240 e. The number of aryl methyl sites for hydroxylation is 1. The van der Waals surface area contributed by atoms with E-state index in [1.807, 2.05) is 45.2 Å². The molecular formula is C21H26N6O3. The molecular weight excluding hydrogens is 384 g/mol. The standard InChI is InChI=1S/C21H26N6O3/c1-14-10-19(25-21(23-14)27-9-8-22-13-27)26(3)12-20(28)24-15(2)16-6-7-17(29-4)18(11-16)30-5/h6-11,13,15H,12H2,1-5H3,(H,24,28). The molecule has 9 nitrogen and oxygen atoms in total. The molecule has 3 rings (SSSR count). The molecule has 0 aliphatic carbocycles. The lowest BCUT2D eigenvalue weighted by Crippen LogP contribution is -2.37. The van der Waals surface area contributed by atoms with Gasteiger partial charge in [0.2, 0.25) is 11.9 Å². The number of nitrogens with zero attached hydrogens (tertiary/aromatic N) is 5. The number of methoxy groups -OCH3 is 2. The fourth-order valence-electron chi connectivity index (χ4n) is 3.01. The highest BCUT2D eigenvalue weighted by Crippen LogP contribution is 2.29. The summed E-state index contributed by atoms with van der Waals surface area (Å²) in [4.78, 5) is 27.4. The Kier molecular flexibility index (Phi) is 6.51. The van der Waals surface area contributed by atoms with Gasteiger partial charge in [-0.2, -0.15) is 4.98 Å². The first kappa shape index (κ1) is 21.1. The van der Waals surface area contributed by atoms with Crippen molar-refractivity contribution in [2.45, 2.75) is 19.9 Å². The van der Waals surface area contributed by atoms with Crippen LogP contribution in [0.4, 0.5) is 5.82 Å². The Labute approximate surface area is 175 Å². The third-order valence-electron chi connectivity index (χ3n) is 4.62. The third kappa shape index (κ3) is 4.86. The largest absolute Gasteiger partial charge is 0.493 e. The minimum atomic E-state index is -0.195. The van der Waals surface area contributed by atoms with E-state index in [4.69, 9.17) is 9.47 Å². The third-order valence-corrected chi connectivity index (χ3v) is 4.62. The van der Waals surface area contributed by atoms with E-state index in [1.165, 1.54) is 0 Å². The van der Waals surface area contributed by atoms with Gasteiger partial charge in [0.1, 0.15) is 12.1 Å². The summed E-state index contributed by atoms with van der Waals surface area (Å²) in [5.74, 6) is 2.30. The van der Waals surface area contributed by atoms with Crippen molar-refractivity contribution < 1.29 is 14.3 Å². The Hall–Kier alpha value is -3.62. The molecule has 1 amide bonds. The lowest BCUT2D eigenvalue weighted by molar-refractivity contribution is -0.120. The minimum Gasteiger partial charge on any atom is -0.493 e. The van der Waals surface area contributed by atoms with Crippen LogP contribution in [0.15, 0.2) is 43.0 Å². The van der Waals surface area contributed by atoms with E-state index in [9.17, 15) is 4.79 Å². The van der Waals surface area contributed by atoms with E-state index in [0.717, 1.165) is 11.3 Å². The Morgan fingerprint density at radius 2 is 1.97 bits per heavy atom. The van der Waals surface area contributed by atoms with Crippen LogP contribution in [-0.2, 0) is 4.79 Å². The number of carbonyl (C=O) groups excluding carboxylic acids is 1. The molecule has 0 spiro atoms. The highest BCUT2D eigenvalue weighted by molar-refractivity contribution is 5.81. The van der Waals surface area contributed by atoms with E-state index in [0.29, 0.717) is 23.3 Å². The van der Waals surface area contributed by atoms with Crippen LogP contribution >= 0.6 is 0 Å². The molecule has 1 aromatic carbocycles. The fraction of sp³-hybridized carbons (Fsp3) is 0.333. The number of carbonyl (C=O) groups is 1. The van der Waals surface area contributed by atoms with Crippen molar-refractivity contribution in [1.82, 2.24) is 24.8 Å². The van der Waals surface area contributed by atoms with E-state index in [1.54, 1.807) is 42.4 Å². The van der Waals surface area contributed by atoms with Crippen molar-refractivity contribution in [2.75, 3.05) is 32.7 Å². The summed E-state index contributed by atoms with van der Waals surface area (Å²) in [5.41, 5.74) is 1.72. The van der Waals surface area contributed by atoms with Gasteiger partial charge in [0.05, 0.1) is 26.8 Å². The smallest absolute Gasteiger partial charge is 0.240 e. The zero-order valence-corrected chi connectivity index (χ0v) is 17.8. The lowest BCUT2D eigenvalue weighted by Gasteiger charge is -2.21. The Balaban J connectivity index is 1.67. The minimum absolute atomic E-state index is 0.125. The van der Waals surface area contributed by atoms with Gasteiger partial charge in [0.15, 0.2) is 11.5 Å². The summed E-state index contributed by atoms with van der Waals surface area (Å²) in [6.07, 6.45) is 5.07. The number of nitrogens with one attached hydrogen (secondary N) is 1. The van der Waals surface area contributed by atoms with Crippen LogP contribution in [-0.4, -0.2) is 53.2 Å². The summed E-state index contributed by atoms with van der Waals surface area (Å²) in [6.45, 7) is 3.96. The molecule has 30 heavy (non-hydrogen) atoms. The second kappa shape index (κ2) is 9.25. The van der Waals surface area contributed by atoms with Gasteiger partial charge < -0.3 is 19.7 Å². The van der Waals surface area contributed by atoms with E-state index < -0.39 is 0 Å². The second-order valence-corrected chi connectivity index (χ2v) is 6.90. The van der Waals surface area contributed by atoms with Crippen molar-refractivity contribution in [1.29, 1.82) is 0 Å². The van der Waals surface area contributed by atoms with Crippen LogP contribution < -0.4 is 19.7 Å². The highest BCUT2D eigenvalue weighted by atomic mass is 16.5. The molecule has 1 N–H and O–H groups in total. The zero-order chi connectivity index (χ0) is 21.7. The molecule has 2 heterocycles. The predicted molar refractivity (Wildman–Crippen MR) is 113 cm³/mol. The summed E-state index contributed by atoms with van der Waals surface area (Å²) >= 11 is 0. The van der Waals surface area contributed by atoms with Gasteiger partial charge in [-0.05, 0) is 31.5 Å². The maximum atomic E-state index is 12.6. The number of likely N-dealkylation sites (N-methyl/N-ethyl adjacent to an activating group) is 1. The number of amides is 1. The topological polar surface area (TPSA) is 94.4 Å². The van der Waals surface area contributed by atoms with Crippen LogP contribution in [0.1, 0.15) is 24.2 Å². The number of benzene rings is 1. The Morgan fingerprint density at radius 3 is 2.63 bits per heavy atom. The lowest BCUT2D eigenvalue weighted by atomic mass is 10.1. The maximum absolute atomic E-state index is 12.6. The molecule has 1 atom stereocenters. The van der Waals surface area contributed by atoms with Crippen LogP contribution in [0.5, 0.6) is 11.5 Å². The molecule has 0 radical (unpaired) electrons. The molecule has 0 aliphatic rings. The van der Waals surface area contributed by atoms with E-state index in [-0.39, 0.29) is 18.5 Å². The number of anilines is 1. The highest BCUT2D eigenvalue weighted by Gasteiger charge is 2.16. The van der Waals surface area contributed by atoms with Crippen molar-refractivity contribution in [3.8, 4) is 17.4 Å². The number of imidazole rings is 1. The Bertz CT molecular complexity index is 1010. The number of hydrogen-bond donors (Lipinski definition) is 1. The molecule has 0 bridgehead atoms. The molecule has 0 saturated carbocycles. The number of rotatable bonds is 8. The summed E-state index contributed by atoms with van der Waals surface area (Å²) in [5, 5.41) is 3.01.